The molecule has 0 radical (unpaired) electrons. The van der Waals surface area contributed by atoms with Gasteiger partial charge in [0.25, 0.3) is 5.91 Å². The van der Waals surface area contributed by atoms with Crippen LogP contribution in [0.25, 0.3) is 5.69 Å². The average Bonchev–Trinajstić information content (AvgIpc) is 3.25. The first-order valence-electron chi connectivity index (χ1n) is 8.53. The number of nitrogens with one attached hydrogen (secondary N) is 2. The monoisotopic (exact) mass is 434 g/mol. The number of benzene rings is 2. The van der Waals surface area contributed by atoms with Crippen molar-refractivity contribution in [3.63, 3.8) is 0 Å². The van der Waals surface area contributed by atoms with E-state index in [-0.39, 0.29) is 12.3 Å². The Morgan fingerprint density at radius 1 is 1.07 bits per heavy atom. The molecule has 0 bridgehead atoms. The minimum Gasteiger partial charge on any atom is -0.492 e. The van der Waals surface area contributed by atoms with Gasteiger partial charge in [-0.2, -0.15) is 0 Å². The lowest BCUT2D eigenvalue weighted by Gasteiger charge is -2.09. The molecule has 3 rings (SSSR count). The minimum absolute atomic E-state index is 0.170. The Hall–Kier alpha value is -3.17. The van der Waals surface area contributed by atoms with E-state index >= 15 is 0 Å². The van der Waals surface area contributed by atoms with Gasteiger partial charge in [0, 0.05) is 17.0 Å². The first kappa shape index (κ1) is 20.6. The highest BCUT2D eigenvalue weighted by Crippen LogP contribution is 2.27. The number of hydrogen-bond donors (Lipinski definition) is 2. The normalized spacial score (nSPS) is 10.4. The zero-order valence-corrected chi connectivity index (χ0v) is 16.5. The van der Waals surface area contributed by atoms with E-state index in [4.69, 9.17) is 27.9 Å². The molecule has 0 aliphatic carbocycles. The van der Waals surface area contributed by atoms with E-state index in [9.17, 15) is 9.59 Å². The van der Waals surface area contributed by atoms with Crippen molar-refractivity contribution >= 4 is 35.0 Å². The lowest BCUT2D eigenvalue weighted by molar-refractivity contribution is -0.122. The van der Waals surface area contributed by atoms with Crippen LogP contribution in [-0.2, 0) is 4.79 Å². The summed E-state index contributed by atoms with van der Waals surface area (Å²) in [6.45, 7) is 0.293. The van der Waals surface area contributed by atoms with Crippen LogP contribution >= 0.6 is 23.2 Å². The van der Waals surface area contributed by atoms with E-state index in [2.05, 4.69) is 26.4 Å². The van der Waals surface area contributed by atoms with Gasteiger partial charge in [0.1, 0.15) is 12.1 Å². The fourth-order valence-electron chi connectivity index (χ4n) is 2.31. The fraction of sp³-hybridized carbons (Fsp3) is 0.167. The zero-order valence-electron chi connectivity index (χ0n) is 15.0. The van der Waals surface area contributed by atoms with E-state index in [1.165, 1.54) is 11.0 Å². The number of carbonyl (C=O) groups excluding carboxylic acids is 2. The molecule has 0 fully saturated rings. The van der Waals surface area contributed by atoms with Crippen LogP contribution in [0.2, 0.25) is 10.0 Å². The van der Waals surface area contributed by atoms with Crippen LogP contribution in [0.4, 0.5) is 0 Å². The topological polar surface area (TPSA) is 111 Å². The number of tetrazole rings is 1. The first-order valence-corrected chi connectivity index (χ1v) is 9.29. The van der Waals surface area contributed by atoms with E-state index in [0.717, 1.165) is 0 Å². The predicted octanol–water partition coefficient (Wildman–Crippen LogP) is 2.59. The number of hydrazine groups is 1. The van der Waals surface area contributed by atoms with Crippen molar-refractivity contribution in [1.29, 1.82) is 0 Å². The molecule has 29 heavy (non-hydrogen) atoms. The summed E-state index contributed by atoms with van der Waals surface area (Å²) < 4.78 is 6.97. The van der Waals surface area contributed by atoms with E-state index in [1.54, 1.807) is 42.5 Å². The van der Waals surface area contributed by atoms with Crippen LogP contribution < -0.4 is 15.6 Å². The fourth-order valence-corrected chi connectivity index (χ4v) is 2.78. The number of aromatic nitrogens is 4. The molecule has 2 amide bonds. The zero-order chi connectivity index (χ0) is 20.6. The Kier molecular flexibility index (Phi) is 6.99. The summed E-state index contributed by atoms with van der Waals surface area (Å²) in [6, 6.07) is 11.5. The summed E-state index contributed by atoms with van der Waals surface area (Å²) in [6.07, 6.45) is 2.06. The molecule has 2 N–H and O–H groups in total. The Bertz CT molecular complexity index is 980. The molecular formula is C18H16Cl2N6O3. The van der Waals surface area contributed by atoms with Gasteiger partial charge in [-0.15, -0.1) is 5.10 Å². The molecule has 3 aromatic rings. The van der Waals surface area contributed by atoms with Gasteiger partial charge in [-0.25, -0.2) is 4.68 Å². The van der Waals surface area contributed by atoms with Crippen LogP contribution in [0.1, 0.15) is 23.2 Å². The van der Waals surface area contributed by atoms with Gasteiger partial charge in [-0.05, 0) is 59.3 Å². The number of carbonyl (C=O) groups is 2. The summed E-state index contributed by atoms with van der Waals surface area (Å²) in [7, 11) is 0. The molecule has 0 spiro atoms. The van der Waals surface area contributed by atoms with Crippen LogP contribution in [0.3, 0.4) is 0 Å². The molecule has 0 aliphatic rings. The summed E-state index contributed by atoms with van der Waals surface area (Å²) in [4.78, 5) is 24.0. The second-order valence-electron chi connectivity index (χ2n) is 5.83. The van der Waals surface area contributed by atoms with Crippen LogP contribution in [0, 0.1) is 0 Å². The van der Waals surface area contributed by atoms with Crippen LogP contribution in [0.5, 0.6) is 5.75 Å². The van der Waals surface area contributed by atoms with Crippen molar-refractivity contribution in [2.75, 3.05) is 6.61 Å². The van der Waals surface area contributed by atoms with Gasteiger partial charge < -0.3 is 4.74 Å². The second kappa shape index (κ2) is 9.85. The predicted molar refractivity (Wildman–Crippen MR) is 106 cm³/mol. The highest BCUT2D eigenvalue weighted by atomic mass is 35.5. The summed E-state index contributed by atoms with van der Waals surface area (Å²) in [5, 5.41) is 11.8. The maximum atomic E-state index is 12.1. The maximum absolute atomic E-state index is 12.1. The molecule has 1 heterocycles. The van der Waals surface area contributed by atoms with Crippen molar-refractivity contribution in [2.45, 2.75) is 12.8 Å². The van der Waals surface area contributed by atoms with E-state index in [0.29, 0.717) is 40.1 Å². The van der Waals surface area contributed by atoms with Crippen LogP contribution in [-0.4, -0.2) is 38.6 Å². The van der Waals surface area contributed by atoms with Crippen molar-refractivity contribution < 1.29 is 14.3 Å². The maximum Gasteiger partial charge on any atom is 0.269 e. The number of hydrogen-bond acceptors (Lipinski definition) is 6. The molecule has 1 aromatic heterocycles. The standard InChI is InChI=1S/C18H16Cl2N6O3/c19-13-5-8-16(15(20)10-13)29-9-1-2-17(27)22-23-18(28)12-3-6-14(7-4-12)26-11-21-24-25-26/h3-8,10-11H,1-2,9H2,(H,22,27)(H,23,28). The average molecular weight is 435 g/mol. The number of rotatable bonds is 7. The molecule has 0 aliphatic heterocycles. The Labute approximate surface area is 175 Å². The van der Waals surface area contributed by atoms with Crippen LogP contribution in [0.15, 0.2) is 48.8 Å². The van der Waals surface area contributed by atoms with Crippen molar-refractivity contribution in [3.8, 4) is 11.4 Å². The summed E-state index contributed by atoms with van der Waals surface area (Å²) in [5.41, 5.74) is 5.81. The van der Waals surface area contributed by atoms with Gasteiger partial charge in [0.15, 0.2) is 0 Å². The summed E-state index contributed by atoms with van der Waals surface area (Å²) in [5.74, 6) is -0.282. The Morgan fingerprint density at radius 2 is 1.86 bits per heavy atom. The van der Waals surface area contributed by atoms with E-state index < -0.39 is 5.91 Å². The third-order valence-electron chi connectivity index (χ3n) is 3.76. The third kappa shape index (κ3) is 5.90. The molecule has 150 valence electrons. The first-order chi connectivity index (χ1) is 14.0. The Morgan fingerprint density at radius 3 is 2.55 bits per heavy atom. The lowest BCUT2D eigenvalue weighted by atomic mass is 10.2. The highest BCUT2D eigenvalue weighted by molar-refractivity contribution is 6.35. The molecule has 2 aromatic carbocycles. The minimum atomic E-state index is -0.439. The van der Waals surface area contributed by atoms with Gasteiger partial charge in [-0.1, -0.05) is 23.2 Å². The molecule has 9 nitrogen and oxygen atoms in total. The Balaban J connectivity index is 1.38. The molecule has 0 saturated carbocycles. The molecule has 11 heteroatoms. The molecule has 0 unspecified atom stereocenters. The SMILES string of the molecule is O=C(CCCOc1ccc(Cl)cc1Cl)NNC(=O)c1ccc(-n2cnnn2)cc1. The lowest BCUT2D eigenvalue weighted by Crippen LogP contribution is -2.41. The van der Waals surface area contributed by atoms with Gasteiger partial charge in [-0.3, -0.25) is 20.4 Å². The number of nitrogens with zero attached hydrogens (tertiary/aromatic N) is 4. The van der Waals surface area contributed by atoms with Crippen molar-refractivity contribution in [3.05, 3.63) is 64.4 Å². The van der Waals surface area contributed by atoms with Crippen molar-refractivity contribution in [2.24, 2.45) is 0 Å². The van der Waals surface area contributed by atoms with E-state index in [1.807, 2.05) is 0 Å². The largest absolute Gasteiger partial charge is 0.492 e. The quantitative estimate of drug-likeness (QED) is 0.436. The summed E-state index contributed by atoms with van der Waals surface area (Å²) >= 11 is 11.8. The number of amides is 2. The van der Waals surface area contributed by atoms with Gasteiger partial charge in [0.05, 0.1) is 17.3 Å². The second-order valence-corrected chi connectivity index (χ2v) is 6.67. The molecule has 0 saturated heterocycles. The number of ether oxygens (including phenoxy) is 1. The van der Waals surface area contributed by atoms with Gasteiger partial charge in [0.2, 0.25) is 5.91 Å². The third-order valence-corrected chi connectivity index (χ3v) is 4.29. The number of halogens is 2. The smallest absolute Gasteiger partial charge is 0.269 e. The molecular weight excluding hydrogens is 419 g/mol. The van der Waals surface area contributed by atoms with Gasteiger partial charge >= 0.3 is 0 Å². The van der Waals surface area contributed by atoms with Crippen molar-refractivity contribution in [1.82, 2.24) is 31.1 Å². The highest BCUT2D eigenvalue weighted by Gasteiger charge is 2.09. The molecule has 0 atom stereocenters.